The Morgan fingerprint density at radius 3 is 2.59 bits per heavy atom. The predicted molar refractivity (Wildman–Crippen MR) is 104 cm³/mol. The maximum atomic E-state index is 12.9. The van der Waals surface area contributed by atoms with Gasteiger partial charge in [-0.15, -0.1) is 0 Å². The van der Waals surface area contributed by atoms with Gasteiger partial charge in [-0.2, -0.15) is 0 Å². The van der Waals surface area contributed by atoms with E-state index in [1.54, 1.807) is 0 Å². The zero-order chi connectivity index (χ0) is 19.8. The topological polar surface area (TPSA) is 78.8 Å². The van der Waals surface area contributed by atoms with E-state index in [-0.39, 0.29) is 12.5 Å². The zero-order valence-corrected chi connectivity index (χ0v) is 16.3. The second-order valence-electron chi connectivity index (χ2n) is 7.52. The van der Waals surface area contributed by atoms with Crippen LogP contribution in [-0.2, 0) is 24.4 Å². The Morgan fingerprint density at radius 1 is 1.19 bits per heavy atom. The Morgan fingerprint density at radius 2 is 1.89 bits per heavy atom. The summed E-state index contributed by atoms with van der Waals surface area (Å²) < 4.78 is 6.20. The summed E-state index contributed by atoms with van der Waals surface area (Å²) in [4.78, 5) is 12.9. The highest BCUT2D eigenvalue weighted by Gasteiger charge is 2.40. The van der Waals surface area contributed by atoms with Gasteiger partial charge in [-0.05, 0) is 61.9 Å². The largest absolute Gasteiger partial charge is 0.507 e. The molecule has 0 bridgehead atoms. The van der Waals surface area contributed by atoms with Gasteiger partial charge in [-0.25, -0.2) is 0 Å². The summed E-state index contributed by atoms with van der Waals surface area (Å²) in [6.07, 6.45) is 1.23. The third kappa shape index (κ3) is 3.52. The molecule has 5 nitrogen and oxygen atoms in total. The van der Waals surface area contributed by atoms with Crippen LogP contribution in [0.3, 0.4) is 0 Å². The first-order valence-electron chi connectivity index (χ1n) is 9.24. The Hall–Kier alpha value is -2.53. The van der Waals surface area contributed by atoms with Gasteiger partial charge in [0.2, 0.25) is 0 Å². The van der Waals surface area contributed by atoms with E-state index in [9.17, 15) is 15.0 Å². The molecule has 0 aliphatic carbocycles. The molecule has 0 radical (unpaired) electrons. The van der Waals surface area contributed by atoms with Crippen molar-refractivity contribution in [2.45, 2.75) is 59.3 Å². The van der Waals surface area contributed by atoms with Gasteiger partial charge in [0.25, 0.3) is 5.91 Å². The van der Waals surface area contributed by atoms with Gasteiger partial charge in [0.05, 0.1) is 6.61 Å². The molecule has 1 unspecified atom stereocenters. The van der Waals surface area contributed by atoms with Crippen molar-refractivity contribution in [3.63, 3.8) is 0 Å². The van der Waals surface area contributed by atoms with Crippen molar-refractivity contribution in [1.82, 2.24) is 5.32 Å². The molecule has 3 N–H and O–H groups in total. The molecule has 5 heteroatoms. The van der Waals surface area contributed by atoms with Crippen LogP contribution in [0.1, 0.15) is 46.7 Å². The third-order valence-corrected chi connectivity index (χ3v) is 5.63. The molecule has 1 heterocycles. The minimum Gasteiger partial charge on any atom is -0.507 e. The van der Waals surface area contributed by atoms with Crippen LogP contribution in [0.4, 0.5) is 0 Å². The van der Waals surface area contributed by atoms with Crippen LogP contribution in [0.25, 0.3) is 0 Å². The fraction of sp³-hybridized carbons (Fsp3) is 0.409. The number of aliphatic hydroxyl groups is 1. The molecule has 27 heavy (non-hydrogen) atoms. The maximum absolute atomic E-state index is 12.9. The van der Waals surface area contributed by atoms with Crippen molar-refractivity contribution in [1.29, 1.82) is 0 Å². The number of rotatable bonds is 4. The van der Waals surface area contributed by atoms with E-state index in [0.717, 1.165) is 33.4 Å². The quantitative estimate of drug-likeness (QED) is 0.773. The fourth-order valence-corrected chi connectivity index (χ4v) is 3.61. The van der Waals surface area contributed by atoms with Gasteiger partial charge in [0.15, 0.2) is 5.60 Å². The molecule has 0 saturated carbocycles. The van der Waals surface area contributed by atoms with Crippen LogP contribution in [0.2, 0.25) is 0 Å². The van der Waals surface area contributed by atoms with Crippen LogP contribution in [-0.4, -0.2) is 21.7 Å². The summed E-state index contributed by atoms with van der Waals surface area (Å²) >= 11 is 0. The van der Waals surface area contributed by atoms with Gasteiger partial charge in [0, 0.05) is 18.5 Å². The Kier molecular flexibility index (Phi) is 5.16. The second kappa shape index (κ2) is 7.24. The molecule has 0 aromatic heterocycles. The molecule has 2 aromatic carbocycles. The van der Waals surface area contributed by atoms with E-state index in [0.29, 0.717) is 30.9 Å². The molecule has 1 amide bonds. The summed E-state index contributed by atoms with van der Waals surface area (Å²) in [5.74, 6) is 0.867. The summed E-state index contributed by atoms with van der Waals surface area (Å²) in [6.45, 7) is 7.83. The minimum atomic E-state index is -0.956. The number of nitrogens with one attached hydrogen (secondary N) is 1. The van der Waals surface area contributed by atoms with Crippen LogP contribution < -0.4 is 10.1 Å². The molecule has 0 saturated heterocycles. The molecule has 2 aromatic rings. The number of carbonyl (C=O) groups excluding carboxylic acids is 1. The van der Waals surface area contributed by atoms with E-state index in [2.05, 4.69) is 5.32 Å². The van der Waals surface area contributed by atoms with Crippen LogP contribution in [0.15, 0.2) is 24.3 Å². The molecular formula is C22H27NO4. The molecule has 1 atom stereocenters. The summed E-state index contributed by atoms with van der Waals surface area (Å²) in [6, 6.07) is 7.50. The van der Waals surface area contributed by atoms with Gasteiger partial charge < -0.3 is 20.3 Å². The van der Waals surface area contributed by atoms with Gasteiger partial charge in [-0.3, -0.25) is 4.79 Å². The monoisotopic (exact) mass is 369 g/mol. The number of fused-ring (bicyclic) bond motifs is 1. The van der Waals surface area contributed by atoms with E-state index in [1.807, 2.05) is 52.0 Å². The number of aliphatic hydroxyl groups excluding tert-OH is 1. The summed E-state index contributed by atoms with van der Waals surface area (Å²) in [5.41, 5.74) is 4.27. The normalized spacial score (nSPS) is 18.6. The summed E-state index contributed by atoms with van der Waals surface area (Å²) in [5, 5.41) is 22.5. The molecule has 144 valence electrons. The average Bonchev–Trinajstić information content (AvgIpc) is 2.68. The zero-order valence-electron chi connectivity index (χ0n) is 16.3. The van der Waals surface area contributed by atoms with Crippen molar-refractivity contribution in [2.24, 2.45) is 0 Å². The van der Waals surface area contributed by atoms with E-state index >= 15 is 0 Å². The average molecular weight is 369 g/mol. The third-order valence-electron chi connectivity index (χ3n) is 5.63. The number of ether oxygens (including phenoxy) is 1. The SMILES string of the molecule is Cc1c(C)c2c(c(C)c1O)CCC(C)(C(=O)NCc1cccc(CO)c1)O2. The molecule has 3 rings (SSSR count). The number of phenols is 1. The number of benzene rings is 2. The number of amides is 1. The lowest BCUT2D eigenvalue weighted by Crippen LogP contribution is -2.50. The molecular weight excluding hydrogens is 342 g/mol. The fourth-order valence-electron chi connectivity index (χ4n) is 3.61. The van der Waals surface area contributed by atoms with Crippen LogP contribution >= 0.6 is 0 Å². The summed E-state index contributed by atoms with van der Waals surface area (Å²) in [7, 11) is 0. The van der Waals surface area contributed by atoms with Crippen LogP contribution in [0.5, 0.6) is 11.5 Å². The molecule has 1 aliphatic rings. The van der Waals surface area contributed by atoms with Gasteiger partial charge in [-0.1, -0.05) is 24.3 Å². The highest BCUT2D eigenvalue weighted by atomic mass is 16.5. The molecule has 0 fully saturated rings. The van der Waals surface area contributed by atoms with Crippen LogP contribution in [0, 0.1) is 20.8 Å². The number of carbonyl (C=O) groups is 1. The lowest BCUT2D eigenvalue weighted by molar-refractivity contribution is -0.137. The van der Waals surface area contributed by atoms with Gasteiger partial charge >= 0.3 is 0 Å². The smallest absolute Gasteiger partial charge is 0.264 e. The van der Waals surface area contributed by atoms with Crippen molar-refractivity contribution in [2.75, 3.05) is 0 Å². The number of phenolic OH excluding ortho intramolecular Hbond substituents is 1. The highest BCUT2D eigenvalue weighted by molar-refractivity contribution is 5.85. The maximum Gasteiger partial charge on any atom is 0.264 e. The second-order valence-corrected chi connectivity index (χ2v) is 7.52. The lowest BCUT2D eigenvalue weighted by Gasteiger charge is -2.36. The Balaban J connectivity index is 1.78. The first-order chi connectivity index (χ1) is 12.8. The lowest BCUT2D eigenvalue weighted by atomic mass is 9.86. The predicted octanol–water partition coefficient (Wildman–Crippen LogP) is 3.21. The Labute approximate surface area is 160 Å². The van der Waals surface area contributed by atoms with Crippen molar-refractivity contribution >= 4 is 5.91 Å². The first kappa shape index (κ1) is 19.2. The first-order valence-corrected chi connectivity index (χ1v) is 9.24. The highest BCUT2D eigenvalue weighted by Crippen LogP contribution is 2.43. The van der Waals surface area contributed by atoms with Crippen molar-refractivity contribution in [3.05, 3.63) is 57.6 Å². The van der Waals surface area contributed by atoms with E-state index in [4.69, 9.17) is 4.74 Å². The number of hydrogen-bond donors (Lipinski definition) is 3. The molecule has 0 spiro atoms. The number of aromatic hydroxyl groups is 1. The van der Waals surface area contributed by atoms with E-state index < -0.39 is 5.60 Å². The van der Waals surface area contributed by atoms with Gasteiger partial charge in [0.1, 0.15) is 11.5 Å². The van der Waals surface area contributed by atoms with Crippen molar-refractivity contribution < 1.29 is 19.7 Å². The minimum absolute atomic E-state index is 0.0236. The molecule has 1 aliphatic heterocycles. The van der Waals surface area contributed by atoms with E-state index in [1.165, 1.54) is 0 Å². The number of hydrogen-bond acceptors (Lipinski definition) is 4. The standard InChI is InChI=1S/C22H27NO4/c1-13-14(2)20-18(15(3)19(13)25)8-9-22(4,27-20)21(26)23-11-16-6-5-7-17(10-16)12-24/h5-7,10,24-25H,8-9,11-12H2,1-4H3,(H,23,26). The van der Waals surface area contributed by atoms with Crippen molar-refractivity contribution in [3.8, 4) is 11.5 Å². The Bertz CT molecular complexity index is 890.